The van der Waals surface area contributed by atoms with E-state index in [1.165, 1.54) is 0 Å². The van der Waals surface area contributed by atoms with Gasteiger partial charge in [0.05, 0.1) is 0 Å². The number of hydrogen-bond donors (Lipinski definition) is 2. The molecule has 0 saturated heterocycles. The number of rotatable bonds is 3. The van der Waals surface area contributed by atoms with E-state index in [0.29, 0.717) is 6.42 Å². The van der Waals surface area contributed by atoms with Crippen LogP contribution in [0.15, 0.2) is 0 Å². The summed E-state index contributed by atoms with van der Waals surface area (Å²) in [5, 5.41) is 16.1. The Morgan fingerprint density at radius 2 is 2.00 bits per heavy atom. The molecule has 0 heterocycles. The predicted molar refractivity (Wildman–Crippen MR) is 27.8 cm³/mol. The number of aliphatic hydroxyl groups is 2. The molecule has 0 aliphatic rings. The molecule has 50 valence electrons. The zero-order valence-electron chi connectivity index (χ0n) is 4.89. The van der Waals surface area contributed by atoms with Crippen LogP contribution in [0.4, 0.5) is 4.39 Å². The van der Waals surface area contributed by atoms with E-state index in [1.807, 2.05) is 6.92 Å². The zero-order chi connectivity index (χ0) is 6.62. The normalized spacial score (nSPS) is 12.0. The Bertz CT molecular complexity index is 57.9. The van der Waals surface area contributed by atoms with E-state index >= 15 is 0 Å². The molecule has 0 atom stereocenters. The van der Waals surface area contributed by atoms with Gasteiger partial charge in [-0.05, 0) is 6.42 Å². The number of unbranched alkanes of at least 4 members (excludes halogenated alkanes) is 1. The summed E-state index contributed by atoms with van der Waals surface area (Å²) in [6, 6.07) is -2.95. The number of hydrogen-bond acceptors (Lipinski definition) is 2. The van der Waals surface area contributed by atoms with Crippen molar-refractivity contribution in [3.05, 3.63) is 0 Å². The van der Waals surface area contributed by atoms with Crippen LogP contribution < -0.4 is 0 Å². The first-order chi connectivity index (χ1) is 3.56. The third-order valence-corrected chi connectivity index (χ3v) is 0.848. The number of alkyl halides is 1. The van der Waals surface area contributed by atoms with Crippen LogP contribution in [0.25, 0.3) is 0 Å². The monoisotopic (exact) mass is 122 g/mol. The van der Waals surface area contributed by atoms with Gasteiger partial charge in [-0.1, -0.05) is 13.3 Å². The first-order valence-corrected chi connectivity index (χ1v) is 2.70. The van der Waals surface area contributed by atoms with Crippen molar-refractivity contribution in [1.82, 2.24) is 0 Å². The SMILES string of the molecule is CCCCC(O)(O)F. The van der Waals surface area contributed by atoms with Crippen molar-refractivity contribution in [3.8, 4) is 0 Å². The lowest BCUT2D eigenvalue weighted by atomic mass is 10.2. The van der Waals surface area contributed by atoms with Gasteiger partial charge in [0.15, 0.2) is 0 Å². The molecule has 8 heavy (non-hydrogen) atoms. The van der Waals surface area contributed by atoms with Crippen molar-refractivity contribution in [2.45, 2.75) is 32.2 Å². The van der Waals surface area contributed by atoms with Crippen LogP contribution in [0, 0.1) is 0 Å². The quantitative estimate of drug-likeness (QED) is 0.543. The maximum Gasteiger partial charge on any atom is 0.315 e. The minimum Gasteiger partial charge on any atom is -0.340 e. The molecule has 0 aromatic heterocycles. The first-order valence-electron chi connectivity index (χ1n) is 2.70. The zero-order valence-corrected chi connectivity index (χ0v) is 4.89. The molecule has 2 N–H and O–H groups in total. The van der Waals surface area contributed by atoms with Gasteiger partial charge in [0.1, 0.15) is 0 Å². The smallest absolute Gasteiger partial charge is 0.315 e. The molecule has 0 aromatic carbocycles. The predicted octanol–water partition coefficient (Wildman–Crippen LogP) is 0.784. The molecule has 0 amide bonds. The van der Waals surface area contributed by atoms with E-state index in [1.54, 1.807) is 0 Å². The molecule has 3 heteroatoms. The maximum absolute atomic E-state index is 11.7. The summed E-state index contributed by atoms with van der Waals surface area (Å²) in [5.74, 6) is 0. The van der Waals surface area contributed by atoms with Gasteiger partial charge in [0.25, 0.3) is 0 Å². The molecule has 2 nitrogen and oxygen atoms in total. The second-order valence-corrected chi connectivity index (χ2v) is 1.82. The summed E-state index contributed by atoms with van der Waals surface area (Å²) in [6.45, 7) is 1.85. The Balaban J connectivity index is 3.11. The van der Waals surface area contributed by atoms with Crippen molar-refractivity contribution >= 4 is 0 Å². The highest BCUT2D eigenvalue weighted by Gasteiger charge is 2.18. The van der Waals surface area contributed by atoms with Crippen LogP contribution in [0.1, 0.15) is 26.2 Å². The second-order valence-electron chi connectivity index (χ2n) is 1.82. The van der Waals surface area contributed by atoms with Crippen LogP contribution in [-0.4, -0.2) is 16.3 Å². The Morgan fingerprint density at radius 1 is 1.50 bits per heavy atom. The third kappa shape index (κ3) is 5.85. The molecule has 0 saturated carbocycles. The van der Waals surface area contributed by atoms with Crippen LogP contribution in [0.5, 0.6) is 0 Å². The summed E-state index contributed by atoms with van der Waals surface area (Å²) in [6.07, 6.45) is 1.08. The molecule has 0 radical (unpaired) electrons. The molecule has 0 unspecified atom stereocenters. The van der Waals surface area contributed by atoms with Crippen molar-refractivity contribution in [3.63, 3.8) is 0 Å². The Hall–Kier alpha value is -0.150. The van der Waals surface area contributed by atoms with Crippen LogP contribution in [-0.2, 0) is 0 Å². The highest BCUT2D eigenvalue weighted by Crippen LogP contribution is 2.10. The fourth-order valence-electron chi connectivity index (χ4n) is 0.402. The minimum atomic E-state index is -2.95. The van der Waals surface area contributed by atoms with Crippen molar-refractivity contribution in [2.24, 2.45) is 0 Å². The minimum absolute atomic E-state index is 0.191. The van der Waals surface area contributed by atoms with Crippen molar-refractivity contribution in [1.29, 1.82) is 0 Å². The highest BCUT2D eigenvalue weighted by atomic mass is 19.2. The molecule has 0 aromatic rings. The van der Waals surface area contributed by atoms with Gasteiger partial charge in [-0.3, -0.25) is 0 Å². The maximum atomic E-state index is 11.7. The Kier molecular flexibility index (Phi) is 2.94. The lowest BCUT2D eigenvalue weighted by Crippen LogP contribution is -2.19. The standard InChI is InChI=1S/C5H11FO2/c1-2-3-4-5(6,7)8/h7-8H,2-4H2,1H3. The van der Waals surface area contributed by atoms with E-state index in [0.717, 1.165) is 6.42 Å². The van der Waals surface area contributed by atoms with Crippen LogP contribution in [0.3, 0.4) is 0 Å². The second kappa shape index (κ2) is 2.99. The fraction of sp³-hybridized carbons (Fsp3) is 1.00. The summed E-state index contributed by atoms with van der Waals surface area (Å²) >= 11 is 0. The summed E-state index contributed by atoms with van der Waals surface area (Å²) < 4.78 is 11.7. The van der Waals surface area contributed by atoms with Gasteiger partial charge in [-0.2, -0.15) is 4.39 Å². The molecule has 0 bridgehead atoms. The van der Waals surface area contributed by atoms with Gasteiger partial charge in [-0.15, -0.1) is 0 Å². The molecule has 0 aliphatic heterocycles. The van der Waals surface area contributed by atoms with E-state index in [4.69, 9.17) is 10.2 Å². The average Bonchev–Trinajstić information content (AvgIpc) is 1.59. The molecular formula is C5H11FO2. The van der Waals surface area contributed by atoms with Crippen molar-refractivity contribution < 1.29 is 14.6 Å². The van der Waals surface area contributed by atoms with Crippen LogP contribution in [0.2, 0.25) is 0 Å². The largest absolute Gasteiger partial charge is 0.340 e. The summed E-state index contributed by atoms with van der Waals surface area (Å²) in [5.41, 5.74) is 0. The Labute approximate surface area is 48.0 Å². The van der Waals surface area contributed by atoms with E-state index < -0.39 is 6.04 Å². The molecular weight excluding hydrogens is 111 g/mol. The van der Waals surface area contributed by atoms with Gasteiger partial charge < -0.3 is 10.2 Å². The lowest BCUT2D eigenvalue weighted by molar-refractivity contribution is -0.262. The van der Waals surface area contributed by atoms with Gasteiger partial charge in [-0.25, -0.2) is 0 Å². The van der Waals surface area contributed by atoms with E-state index in [2.05, 4.69) is 0 Å². The van der Waals surface area contributed by atoms with Crippen LogP contribution >= 0.6 is 0 Å². The summed E-state index contributed by atoms with van der Waals surface area (Å²) in [7, 11) is 0. The summed E-state index contributed by atoms with van der Waals surface area (Å²) in [4.78, 5) is 0. The number of halogens is 1. The molecule has 0 rings (SSSR count). The fourth-order valence-corrected chi connectivity index (χ4v) is 0.402. The highest BCUT2D eigenvalue weighted by molar-refractivity contribution is 4.45. The van der Waals surface area contributed by atoms with E-state index in [9.17, 15) is 4.39 Å². The third-order valence-electron chi connectivity index (χ3n) is 0.848. The average molecular weight is 122 g/mol. The van der Waals surface area contributed by atoms with Gasteiger partial charge >= 0.3 is 6.04 Å². The van der Waals surface area contributed by atoms with Crippen molar-refractivity contribution in [2.75, 3.05) is 0 Å². The van der Waals surface area contributed by atoms with E-state index in [-0.39, 0.29) is 6.42 Å². The lowest BCUT2D eigenvalue weighted by Gasteiger charge is -2.08. The molecule has 0 aliphatic carbocycles. The topological polar surface area (TPSA) is 40.5 Å². The van der Waals surface area contributed by atoms with Gasteiger partial charge in [0, 0.05) is 6.42 Å². The Morgan fingerprint density at radius 3 is 2.12 bits per heavy atom. The molecule has 0 fully saturated rings. The van der Waals surface area contributed by atoms with Gasteiger partial charge in [0.2, 0.25) is 0 Å². The molecule has 0 spiro atoms. The first kappa shape index (κ1) is 7.85.